The Morgan fingerprint density at radius 1 is 0.516 bits per heavy atom. The van der Waals surface area contributed by atoms with E-state index in [-0.39, 0.29) is 0 Å². The summed E-state index contributed by atoms with van der Waals surface area (Å²) in [6.45, 7) is 0. The monoisotopic (exact) mass is 393 g/mol. The molecule has 0 amide bonds. The summed E-state index contributed by atoms with van der Waals surface area (Å²) in [5.41, 5.74) is 1.10. The summed E-state index contributed by atoms with van der Waals surface area (Å²) in [5, 5.41) is 12.6. The summed E-state index contributed by atoms with van der Waals surface area (Å²) in [6, 6.07) is 33.3. The SMILES string of the molecule is [c]1nccn1-c1cccc2cc3ccc4cc5cc6ccccc6cc5cc4c3cc12. The van der Waals surface area contributed by atoms with Gasteiger partial charge in [0.05, 0.1) is 5.69 Å². The molecular formula is C29H17N2. The molecule has 0 saturated carbocycles. The van der Waals surface area contributed by atoms with Crippen molar-refractivity contribution in [1.29, 1.82) is 0 Å². The van der Waals surface area contributed by atoms with E-state index < -0.39 is 0 Å². The molecule has 0 unspecified atom stereocenters. The van der Waals surface area contributed by atoms with E-state index in [1.54, 1.807) is 6.20 Å². The maximum atomic E-state index is 4.11. The molecule has 0 N–H and O–H groups in total. The normalized spacial score (nSPS) is 11.9. The van der Waals surface area contributed by atoms with Crippen LogP contribution in [-0.2, 0) is 0 Å². The first-order chi connectivity index (χ1) is 15.3. The van der Waals surface area contributed by atoms with Gasteiger partial charge >= 0.3 is 0 Å². The number of aromatic nitrogens is 2. The number of rotatable bonds is 1. The van der Waals surface area contributed by atoms with Crippen molar-refractivity contribution in [1.82, 2.24) is 9.55 Å². The van der Waals surface area contributed by atoms with E-state index in [1.807, 2.05) is 10.8 Å². The lowest BCUT2D eigenvalue weighted by Gasteiger charge is -2.12. The van der Waals surface area contributed by atoms with Crippen LogP contribution in [0.15, 0.2) is 103 Å². The summed E-state index contributed by atoms with van der Waals surface area (Å²) >= 11 is 0. The molecule has 0 aliphatic rings. The van der Waals surface area contributed by atoms with E-state index in [0.717, 1.165) is 5.69 Å². The third-order valence-electron chi connectivity index (χ3n) is 6.35. The Morgan fingerprint density at radius 3 is 1.87 bits per heavy atom. The lowest BCUT2D eigenvalue weighted by atomic mass is 9.94. The largest absolute Gasteiger partial charge is 0.297 e. The van der Waals surface area contributed by atoms with Gasteiger partial charge in [-0.3, -0.25) is 4.57 Å². The van der Waals surface area contributed by atoms with Crippen LogP contribution in [0.1, 0.15) is 0 Å². The number of hydrogen-bond acceptors (Lipinski definition) is 1. The molecule has 7 aromatic rings. The summed E-state index contributed by atoms with van der Waals surface area (Å²) in [6.07, 6.45) is 6.75. The van der Waals surface area contributed by atoms with Gasteiger partial charge < -0.3 is 0 Å². The summed E-state index contributed by atoms with van der Waals surface area (Å²) in [5.74, 6) is 0. The first-order valence-corrected chi connectivity index (χ1v) is 10.5. The minimum Gasteiger partial charge on any atom is -0.297 e. The minimum atomic E-state index is 1.10. The zero-order chi connectivity index (χ0) is 20.4. The molecule has 1 heterocycles. The average molecular weight is 393 g/mol. The van der Waals surface area contributed by atoms with Crippen molar-refractivity contribution in [3.8, 4) is 5.69 Å². The Kier molecular flexibility index (Phi) is 3.30. The lowest BCUT2D eigenvalue weighted by molar-refractivity contribution is 1.05. The van der Waals surface area contributed by atoms with Crippen molar-refractivity contribution < 1.29 is 0 Å². The van der Waals surface area contributed by atoms with Crippen molar-refractivity contribution >= 4 is 53.9 Å². The predicted molar refractivity (Wildman–Crippen MR) is 130 cm³/mol. The Hall–Kier alpha value is -4.17. The van der Waals surface area contributed by atoms with Gasteiger partial charge in [0.15, 0.2) is 6.33 Å². The fourth-order valence-corrected chi connectivity index (χ4v) is 4.83. The van der Waals surface area contributed by atoms with Gasteiger partial charge in [-0.1, -0.05) is 48.5 Å². The smallest absolute Gasteiger partial charge is 0.181 e. The van der Waals surface area contributed by atoms with Gasteiger partial charge in [0.2, 0.25) is 0 Å². The van der Waals surface area contributed by atoms with E-state index in [2.05, 4.69) is 102 Å². The molecule has 1 aromatic heterocycles. The van der Waals surface area contributed by atoms with E-state index in [0.29, 0.717) is 0 Å². The Morgan fingerprint density at radius 2 is 1.13 bits per heavy atom. The second-order valence-corrected chi connectivity index (χ2v) is 8.15. The van der Waals surface area contributed by atoms with Crippen LogP contribution in [0.25, 0.3) is 59.5 Å². The number of imidazole rings is 1. The number of fused-ring (bicyclic) bond motifs is 6. The van der Waals surface area contributed by atoms with Crippen LogP contribution in [0.5, 0.6) is 0 Å². The molecule has 6 aromatic carbocycles. The van der Waals surface area contributed by atoms with Crippen LogP contribution in [0, 0.1) is 6.33 Å². The fraction of sp³-hybridized carbons (Fsp3) is 0. The molecule has 0 saturated heterocycles. The molecular weight excluding hydrogens is 376 g/mol. The molecule has 0 fully saturated rings. The van der Waals surface area contributed by atoms with Gasteiger partial charge in [-0.2, -0.15) is 0 Å². The van der Waals surface area contributed by atoms with E-state index >= 15 is 0 Å². The van der Waals surface area contributed by atoms with Gasteiger partial charge in [-0.15, -0.1) is 0 Å². The number of nitrogens with zero attached hydrogens (tertiary/aromatic N) is 2. The predicted octanol–water partition coefficient (Wildman–Crippen LogP) is 7.44. The van der Waals surface area contributed by atoms with Crippen molar-refractivity contribution in [2.75, 3.05) is 0 Å². The summed E-state index contributed by atoms with van der Waals surface area (Å²) in [7, 11) is 0. The van der Waals surface area contributed by atoms with Crippen molar-refractivity contribution in [3.63, 3.8) is 0 Å². The second-order valence-electron chi connectivity index (χ2n) is 8.15. The maximum absolute atomic E-state index is 4.11. The quantitative estimate of drug-likeness (QED) is 0.209. The third kappa shape index (κ3) is 2.48. The zero-order valence-electron chi connectivity index (χ0n) is 16.7. The molecule has 0 aliphatic heterocycles. The highest BCUT2D eigenvalue weighted by molar-refractivity contribution is 6.17. The Bertz CT molecular complexity index is 1780. The zero-order valence-corrected chi connectivity index (χ0v) is 16.7. The minimum absolute atomic E-state index is 1.10. The fourth-order valence-electron chi connectivity index (χ4n) is 4.83. The highest BCUT2D eigenvalue weighted by Gasteiger charge is 2.09. The van der Waals surface area contributed by atoms with Crippen molar-refractivity contribution in [3.05, 3.63) is 110 Å². The molecule has 0 aliphatic carbocycles. The number of benzene rings is 6. The number of hydrogen-bond donors (Lipinski definition) is 0. The van der Waals surface area contributed by atoms with Gasteiger partial charge in [-0.25, -0.2) is 4.98 Å². The van der Waals surface area contributed by atoms with E-state index in [1.165, 1.54) is 53.9 Å². The highest BCUT2D eigenvalue weighted by atomic mass is 15.0. The van der Waals surface area contributed by atoms with Gasteiger partial charge in [0.1, 0.15) is 0 Å². The molecule has 0 bridgehead atoms. The maximum Gasteiger partial charge on any atom is 0.181 e. The van der Waals surface area contributed by atoms with Crippen LogP contribution in [0.3, 0.4) is 0 Å². The van der Waals surface area contributed by atoms with Crippen LogP contribution >= 0.6 is 0 Å². The van der Waals surface area contributed by atoms with Crippen molar-refractivity contribution in [2.45, 2.75) is 0 Å². The van der Waals surface area contributed by atoms with Gasteiger partial charge in [-0.05, 0) is 90.9 Å². The topological polar surface area (TPSA) is 17.8 Å². The molecule has 31 heavy (non-hydrogen) atoms. The summed E-state index contributed by atoms with van der Waals surface area (Å²) in [4.78, 5) is 4.11. The Labute approximate surface area is 179 Å². The molecule has 1 radical (unpaired) electrons. The highest BCUT2D eigenvalue weighted by Crippen LogP contribution is 2.35. The van der Waals surface area contributed by atoms with E-state index in [9.17, 15) is 0 Å². The first kappa shape index (κ1) is 16.6. The van der Waals surface area contributed by atoms with Crippen LogP contribution in [0.2, 0.25) is 0 Å². The van der Waals surface area contributed by atoms with Crippen LogP contribution in [0.4, 0.5) is 0 Å². The lowest BCUT2D eigenvalue weighted by Crippen LogP contribution is -1.92. The molecule has 0 spiro atoms. The van der Waals surface area contributed by atoms with E-state index in [4.69, 9.17) is 0 Å². The molecule has 2 nitrogen and oxygen atoms in total. The average Bonchev–Trinajstić information content (AvgIpc) is 3.34. The van der Waals surface area contributed by atoms with Crippen LogP contribution in [-0.4, -0.2) is 9.55 Å². The van der Waals surface area contributed by atoms with Crippen LogP contribution < -0.4 is 0 Å². The molecule has 7 rings (SSSR count). The van der Waals surface area contributed by atoms with Gasteiger partial charge in [0.25, 0.3) is 0 Å². The van der Waals surface area contributed by atoms with Gasteiger partial charge in [0, 0.05) is 17.8 Å². The first-order valence-electron chi connectivity index (χ1n) is 10.5. The standard InChI is InChI=1S/C29H17N2/c1-2-5-20-13-25-16-26-23(15-24(25)12-19(20)4-1)9-8-22-14-21-6-3-7-29(28(21)17-27(22)26)31-11-10-30-18-31/h1-17H. The molecule has 0 atom stereocenters. The molecule has 143 valence electrons. The second kappa shape index (κ2) is 6.16. The molecule has 2 heteroatoms. The summed E-state index contributed by atoms with van der Waals surface area (Å²) < 4.78 is 1.96. The third-order valence-corrected chi connectivity index (χ3v) is 6.35. The Balaban J connectivity index is 1.60. The van der Waals surface area contributed by atoms with Crippen molar-refractivity contribution in [2.24, 2.45) is 0 Å².